The quantitative estimate of drug-likeness (QED) is 0.325. The number of fused-ring (bicyclic) bond motifs is 1. The van der Waals surface area contributed by atoms with Crippen molar-refractivity contribution < 1.29 is 23.5 Å². The number of rotatable bonds is 9. The van der Waals surface area contributed by atoms with E-state index >= 15 is 0 Å². The smallest absolute Gasteiger partial charge is 0.326 e. The maximum Gasteiger partial charge on any atom is 0.326 e. The van der Waals surface area contributed by atoms with Gasteiger partial charge < -0.3 is 20.6 Å². The zero-order valence-corrected chi connectivity index (χ0v) is 22.9. The van der Waals surface area contributed by atoms with Crippen molar-refractivity contribution in [2.75, 3.05) is 28.5 Å². The maximum atomic E-state index is 13.5. The second-order valence-electron chi connectivity index (χ2n) is 9.49. The summed E-state index contributed by atoms with van der Waals surface area (Å²) < 4.78 is 23.6. The number of aliphatic carboxylic acids is 1. The highest BCUT2D eigenvalue weighted by Crippen LogP contribution is 2.37. The third-order valence-electron chi connectivity index (χ3n) is 7.32. The zero-order chi connectivity index (χ0) is 27.1. The van der Waals surface area contributed by atoms with Crippen LogP contribution in [0.3, 0.4) is 0 Å². The molecule has 3 aromatic rings. The predicted octanol–water partition coefficient (Wildman–Crippen LogP) is 3.16. The molecule has 0 spiro atoms. The molecule has 202 valence electrons. The van der Waals surface area contributed by atoms with Gasteiger partial charge in [0.25, 0.3) is 11.3 Å². The molecule has 3 heterocycles. The number of carboxylic acid groups (broad SMARTS) is 1. The molecular weight excluding hydrogens is 552 g/mol. The number of halogens is 1. The van der Waals surface area contributed by atoms with E-state index in [1.807, 2.05) is 7.05 Å². The summed E-state index contributed by atoms with van der Waals surface area (Å²) in [5.74, 6) is -1.42. The number of nitrogens with two attached hydrogens (primary N) is 1. The topological polar surface area (TPSA) is 153 Å². The average Bonchev–Trinajstić information content (AvgIpc) is 3.45. The van der Waals surface area contributed by atoms with Crippen LogP contribution in [-0.4, -0.2) is 72.3 Å². The standard InChI is InChI=1S/C24H27ClN6O5S2/c1-29(15-3-2-4-15)24-28-12-20(37-24)31(38(35)36)18-6-8-30(22(18)32)19(23(33)34)10-14-9-13-5-7-27-21(26)16(13)11-17(14)25/h5,7,9,11-12,15,18-19H,2-4,6,8,10H2,1H3,(H2,26,27)(H,33,34)(H,35,36)/t18-,19+/m0/s1. The van der Waals surface area contributed by atoms with E-state index in [1.54, 1.807) is 24.4 Å². The molecule has 1 aliphatic heterocycles. The van der Waals surface area contributed by atoms with Crippen LogP contribution in [0.2, 0.25) is 5.02 Å². The van der Waals surface area contributed by atoms with Crippen LogP contribution in [0.25, 0.3) is 10.8 Å². The molecule has 2 fully saturated rings. The number of nitrogens with zero attached hydrogens (tertiary/aromatic N) is 5. The van der Waals surface area contributed by atoms with Gasteiger partial charge >= 0.3 is 5.97 Å². The Bertz CT molecular complexity index is 1420. The number of benzene rings is 1. The Labute approximate surface area is 230 Å². The van der Waals surface area contributed by atoms with Crippen molar-refractivity contribution in [2.45, 2.75) is 50.2 Å². The largest absolute Gasteiger partial charge is 0.480 e. The molecule has 1 aromatic carbocycles. The first-order valence-corrected chi connectivity index (χ1v) is 14.4. The second-order valence-corrected chi connectivity index (χ2v) is 11.7. The van der Waals surface area contributed by atoms with Crippen LogP contribution in [0.1, 0.15) is 31.2 Å². The highest BCUT2D eigenvalue weighted by Gasteiger charge is 2.44. The lowest BCUT2D eigenvalue weighted by Crippen LogP contribution is -2.48. The molecule has 1 saturated heterocycles. The summed E-state index contributed by atoms with van der Waals surface area (Å²) in [7, 11) is 1.94. The fourth-order valence-electron chi connectivity index (χ4n) is 4.96. The maximum absolute atomic E-state index is 13.5. The molecule has 2 aliphatic rings. The molecule has 3 atom stereocenters. The molecule has 2 aromatic heterocycles. The first-order chi connectivity index (χ1) is 18.2. The van der Waals surface area contributed by atoms with E-state index in [4.69, 9.17) is 17.3 Å². The third-order valence-corrected chi connectivity index (χ3v) is 9.66. The number of carboxylic acids is 1. The summed E-state index contributed by atoms with van der Waals surface area (Å²) in [5, 5.41) is 12.9. The molecule has 0 bridgehead atoms. The van der Waals surface area contributed by atoms with Gasteiger partial charge in [-0.1, -0.05) is 22.9 Å². The van der Waals surface area contributed by atoms with Gasteiger partial charge in [-0.3, -0.25) is 9.35 Å². The minimum absolute atomic E-state index is 0.0378. The Morgan fingerprint density at radius 3 is 2.76 bits per heavy atom. The molecule has 14 heteroatoms. The number of aromatic nitrogens is 2. The predicted molar refractivity (Wildman–Crippen MR) is 148 cm³/mol. The van der Waals surface area contributed by atoms with Crippen LogP contribution in [0.15, 0.2) is 30.6 Å². The van der Waals surface area contributed by atoms with E-state index in [-0.39, 0.29) is 19.4 Å². The van der Waals surface area contributed by atoms with Gasteiger partial charge in [0.2, 0.25) is 5.91 Å². The monoisotopic (exact) mass is 578 g/mol. The lowest BCUT2D eigenvalue weighted by Gasteiger charge is -2.34. The summed E-state index contributed by atoms with van der Waals surface area (Å²) in [6.07, 6.45) is 6.49. The lowest BCUT2D eigenvalue weighted by molar-refractivity contribution is -0.148. The minimum Gasteiger partial charge on any atom is -0.480 e. The number of carbonyl (C=O) groups is 2. The van der Waals surface area contributed by atoms with Crippen molar-refractivity contribution in [1.29, 1.82) is 0 Å². The highest BCUT2D eigenvalue weighted by molar-refractivity contribution is 7.81. The van der Waals surface area contributed by atoms with E-state index in [2.05, 4.69) is 14.9 Å². The van der Waals surface area contributed by atoms with Gasteiger partial charge in [0.1, 0.15) is 22.9 Å². The van der Waals surface area contributed by atoms with Gasteiger partial charge in [-0.2, -0.15) is 0 Å². The summed E-state index contributed by atoms with van der Waals surface area (Å²) >= 11 is 5.19. The van der Waals surface area contributed by atoms with Crippen LogP contribution in [0, 0.1) is 0 Å². The normalized spacial score (nSPS) is 19.4. The van der Waals surface area contributed by atoms with Crippen molar-refractivity contribution in [3.8, 4) is 0 Å². The Kier molecular flexibility index (Phi) is 7.45. The summed E-state index contributed by atoms with van der Waals surface area (Å²) in [4.78, 5) is 37.6. The number of carbonyl (C=O) groups excluding carboxylic acids is 1. The van der Waals surface area contributed by atoms with Crippen LogP contribution in [-0.2, 0) is 27.3 Å². The van der Waals surface area contributed by atoms with E-state index in [0.717, 1.165) is 29.0 Å². The Morgan fingerprint density at radius 1 is 1.34 bits per heavy atom. The molecular formula is C24H27ClN6O5S2. The number of thiazole rings is 1. The van der Waals surface area contributed by atoms with Crippen LogP contribution < -0.4 is 14.9 Å². The Balaban J connectivity index is 1.38. The third kappa shape index (κ3) is 4.91. The average molecular weight is 579 g/mol. The summed E-state index contributed by atoms with van der Waals surface area (Å²) in [6.45, 7) is 0.115. The van der Waals surface area contributed by atoms with E-state index in [1.165, 1.54) is 22.4 Å². The van der Waals surface area contributed by atoms with Crippen molar-refractivity contribution in [1.82, 2.24) is 14.9 Å². The number of likely N-dealkylation sites (tertiary alicyclic amines) is 1. The lowest BCUT2D eigenvalue weighted by atomic mass is 9.92. The highest BCUT2D eigenvalue weighted by atomic mass is 35.5. The van der Waals surface area contributed by atoms with Gasteiger partial charge in [0.15, 0.2) is 5.13 Å². The van der Waals surface area contributed by atoms with E-state index in [0.29, 0.717) is 38.0 Å². The SMILES string of the molecule is CN(c1ncc(N([C@H]2CCN([C@H](Cc3cc4ccnc(N)c4cc3Cl)C(=O)O)C2=O)S(=O)O)s1)C1CCC1. The summed E-state index contributed by atoms with van der Waals surface area (Å²) in [6, 6.07) is 3.31. The van der Waals surface area contributed by atoms with Crippen molar-refractivity contribution in [3.05, 3.63) is 41.2 Å². The van der Waals surface area contributed by atoms with Gasteiger partial charge in [-0.15, -0.1) is 0 Å². The van der Waals surface area contributed by atoms with Gasteiger partial charge in [-0.05, 0) is 54.8 Å². The number of amides is 1. The molecule has 5 rings (SSSR count). The molecule has 4 N–H and O–H groups in total. The molecule has 1 saturated carbocycles. The first-order valence-electron chi connectivity index (χ1n) is 12.1. The molecule has 0 radical (unpaired) electrons. The summed E-state index contributed by atoms with van der Waals surface area (Å²) in [5.41, 5.74) is 6.47. The fourth-order valence-corrected chi connectivity index (χ4v) is 7.03. The number of hydrogen-bond acceptors (Lipinski definition) is 8. The molecule has 1 aliphatic carbocycles. The van der Waals surface area contributed by atoms with Crippen molar-refractivity contribution in [2.24, 2.45) is 0 Å². The van der Waals surface area contributed by atoms with E-state index < -0.39 is 35.2 Å². The van der Waals surface area contributed by atoms with Crippen LogP contribution in [0.5, 0.6) is 0 Å². The Hall–Kier alpha value is -3.00. The fraction of sp³-hybridized carbons (Fsp3) is 0.417. The zero-order valence-electron chi connectivity index (χ0n) is 20.5. The molecule has 1 amide bonds. The van der Waals surface area contributed by atoms with Crippen LogP contribution in [0.4, 0.5) is 16.0 Å². The van der Waals surface area contributed by atoms with Crippen LogP contribution >= 0.6 is 22.9 Å². The van der Waals surface area contributed by atoms with Gasteiger partial charge in [0.05, 0.1) is 6.20 Å². The number of anilines is 3. The molecule has 11 nitrogen and oxygen atoms in total. The molecule has 38 heavy (non-hydrogen) atoms. The van der Waals surface area contributed by atoms with Crippen molar-refractivity contribution in [3.63, 3.8) is 0 Å². The van der Waals surface area contributed by atoms with Gasteiger partial charge in [0, 0.05) is 42.7 Å². The van der Waals surface area contributed by atoms with Gasteiger partial charge in [-0.25, -0.2) is 23.3 Å². The number of hydrogen-bond donors (Lipinski definition) is 3. The first kappa shape index (κ1) is 26.6. The number of nitrogen functional groups attached to an aromatic ring is 1. The second kappa shape index (κ2) is 10.6. The Morgan fingerprint density at radius 2 is 2.11 bits per heavy atom. The van der Waals surface area contributed by atoms with E-state index in [9.17, 15) is 23.5 Å². The minimum atomic E-state index is -2.51. The van der Waals surface area contributed by atoms with Crippen molar-refractivity contribution >= 4 is 72.8 Å². The molecule has 1 unspecified atom stereocenters. The number of pyridine rings is 1.